The molecule has 2 N–H and O–H groups in total. The van der Waals surface area contributed by atoms with E-state index in [1.54, 1.807) is 62.4 Å². The van der Waals surface area contributed by atoms with E-state index in [4.69, 9.17) is 9.47 Å². The summed E-state index contributed by atoms with van der Waals surface area (Å²) in [5.74, 6) is -1.98. The molecule has 1 atom stereocenters. The van der Waals surface area contributed by atoms with Crippen LogP contribution in [-0.2, 0) is 14.3 Å². The number of rotatable bonds is 7. The van der Waals surface area contributed by atoms with Crippen LogP contribution in [-0.4, -0.2) is 30.4 Å². The molecule has 1 unspecified atom stereocenters. The Bertz CT molecular complexity index is 1270. The van der Waals surface area contributed by atoms with E-state index < -0.39 is 29.9 Å². The van der Waals surface area contributed by atoms with Crippen molar-refractivity contribution in [3.63, 3.8) is 0 Å². The molecular formula is C25H22N2O6S. The monoisotopic (exact) mass is 478 g/mol. The summed E-state index contributed by atoms with van der Waals surface area (Å²) in [4.78, 5) is 50.7. The molecule has 2 heterocycles. The van der Waals surface area contributed by atoms with Gasteiger partial charge in [0.05, 0.1) is 29.0 Å². The normalized spacial score (nSPS) is 14.2. The lowest BCUT2D eigenvalue weighted by molar-refractivity contribution is -0.118. The summed E-state index contributed by atoms with van der Waals surface area (Å²) in [5, 5.41) is 5.70. The molecule has 9 heteroatoms. The number of esters is 2. The number of nitrogens with one attached hydrogen (secondary N) is 2. The van der Waals surface area contributed by atoms with Crippen molar-refractivity contribution < 1.29 is 28.7 Å². The Morgan fingerprint density at radius 3 is 2.47 bits per heavy atom. The molecule has 0 saturated heterocycles. The maximum atomic E-state index is 12.9. The molecular weight excluding hydrogens is 456 g/mol. The van der Waals surface area contributed by atoms with Crippen LogP contribution in [0.5, 0.6) is 0 Å². The van der Waals surface area contributed by atoms with Gasteiger partial charge in [-0.25, -0.2) is 9.59 Å². The van der Waals surface area contributed by atoms with Gasteiger partial charge in [-0.3, -0.25) is 9.59 Å². The van der Waals surface area contributed by atoms with E-state index in [1.807, 2.05) is 6.07 Å². The van der Waals surface area contributed by atoms with Crippen molar-refractivity contribution in [3.05, 3.63) is 81.7 Å². The number of carbonyl (C=O) groups excluding carboxylic acids is 4. The quantitative estimate of drug-likeness (QED) is 0.475. The average Bonchev–Trinajstić information content (AvgIpc) is 3.31. The molecule has 2 amide bonds. The van der Waals surface area contributed by atoms with E-state index in [2.05, 4.69) is 10.6 Å². The van der Waals surface area contributed by atoms with Gasteiger partial charge in [0, 0.05) is 11.3 Å². The molecule has 0 bridgehead atoms. The number of carbonyl (C=O) groups is 4. The molecule has 3 aromatic rings. The molecule has 0 fully saturated rings. The Balaban J connectivity index is 1.57. The van der Waals surface area contributed by atoms with Crippen molar-refractivity contribution in [2.45, 2.75) is 26.4 Å². The first kappa shape index (κ1) is 23.2. The van der Waals surface area contributed by atoms with Crippen LogP contribution in [0.3, 0.4) is 0 Å². The number of hydrogen-bond acceptors (Lipinski definition) is 7. The van der Waals surface area contributed by atoms with Crippen LogP contribution in [0.25, 0.3) is 0 Å². The lowest BCUT2D eigenvalue weighted by atomic mass is 10.0. The number of anilines is 2. The second-order valence-electron chi connectivity index (χ2n) is 7.53. The smallest absolute Gasteiger partial charge is 0.341 e. The highest BCUT2D eigenvalue weighted by molar-refractivity contribution is 7.18. The number of cyclic esters (lactones) is 1. The second-order valence-corrected chi connectivity index (χ2v) is 8.56. The summed E-state index contributed by atoms with van der Waals surface area (Å²) in [6.07, 6.45) is -0.857. The van der Waals surface area contributed by atoms with Gasteiger partial charge in [0.15, 0.2) is 0 Å². The van der Waals surface area contributed by atoms with Gasteiger partial charge >= 0.3 is 11.9 Å². The predicted octanol–water partition coefficient (Wildman–Crippen LogP) is 4.73. The molecule has 34 heavy (non-hydrogen) atoms. The minimum Gasteiger partial charge on any atom is -0.462 e. The van der Waals surface area contributed by atoms with E-state index in [9.17, 15) is 19.2 Å². The molecule has 2 aromatic carbocycles. The number of para-hydroxylation sites is 1. The first-order valence-corrected chi connectivity index (χ1v) is 11.5. The average molecular weight is 479 g/mol. The van der Waals surface area contributed by atoms with Crippen LogP contribution < -0.4 is 10.6 Å². The standard InChI is InChI=1S/C25H22N2O6S/c1-3-32-25(31)20-14(2)21(22(29)26-15-9-5-4-6-10-15)34-23(20)27-19(28)13-18-16-11-7-8-12-17(16)24(30)33-18/h4-12,18H,3,13H2,1-2H3,(H,26,29)(H,27,28). The van der Waals surface area contributed by atoms with E-state index in [-0.39, 0.29) is 28.5 Å². The predicted molar refractivity (Wildman–Crippen MR) is 127 cm³/mol. The van der Waals surface area contributed by atoms with Gasteiger partial charge in [-0.2, -0.15) is 0 Å². The first-order chi connectivity index (χ1) is 16.4. The number of ether oxygens (including phenoxy) is 2. The van der Waals surface area contributed by atoms with Crippen molar-refractivity contribution >= 4 is 45.8 Å². The van der Waals surface area contributed by atoms with Crippen LogP contribution in [0.4, 0.5) is 10.7 Å². The fraction of sp³-hybridized carbons (Fsp3) is 0.200. The van der Waals surface area contributed by atoms with Crippen molar-refractivity contribution in [2.75, 3.05) is 17.2 Å². The zero-order valence-corrected chi connectivity index (χ0v) is 19.4. The Labute approximate surface area is 199 Å². The van der Waals surface area contributed by atoms with E-state index in [0.29, 0.717) is 22.4 Å². The zero-order valence-electron chi connectivity index (χ0n) is 18.5. The molecule has 0 aliphatic carbocycles. The highest BCUT2D eigenvalue weighted by atomic mass is 32.1. The number of hydrogen-bond donors (Lipinski definition) is 2. The summed E-state index contributed by atoms with van der Waals surface area (Å²) in [6.45, 7) is 3.45. The summed E-state index contributed by atoms with van der Waals surface area (Å²) >= 11 is 0.987. The molecule has 1 aliphatic rings. The Morgan fingerprint density at radius 1 is 1.03 bits per heavy atom. The summed E-state index contributed by atoms with van der Waals surface area (Å²) in [6, 6.07) is 15.8. The van der Waals surface area contributed by atoms with Crippen molar-refractivity contribution in [1.29, 1.82) is 0 Å². The third-order valence-corrected chi connectivity index (χ3v) is 6.47. The van der Waals surface area contributed by atoms with Crippen LogP contribution >= 0.6 is 11.3 Å². The Kier molecular flexibility index (Phi) is 6.74. The van der Waals surface area contributed by atoms with Gasteiger partial charge in [0.25, 0.3) is 5.91 Å². The van der Waals surface area contributed by atoms with Gasteiger partial charge in [-0.15, -0.1) is 11.3 Å². The largest absolute Gasteiger partial charge is 0.462 e. The van der Waals surface area contributed by atoms with Crippen molar-refractivity contribution in [3.8, 4) is 0 Å². The second kappa shape index (κ2) is 9.88. The van der Waals surface area contributed by atoms with Crippen LogP contribution in [0.15, 0.2) is 54.6 Å². The molecule has 1 aromatic heterocycles. The summed E-state index contributed by atoms with van der Waals surface area (Å²) in [5.41, 5.74) is 2.20. The Morgan fingerprint density at radius 2 is 1.74 bits per heavy atom. The zero-order chi connectivity index (χ0) is 24.2. The molecule has 0 saturated carbocycles. The summed E-state index contributed by atoms with van der Waals surface area (Å²) in [7, 11) is 0. The topological polar surface area (TPSA) is 111 Å². The van der Waals surface area contributed by atoms with Crippen LogP contribution in [0.2, 0.25) is 0 Å². The minimum absolute atomic E-state index is 0.127. The molecule has 0 spiro atoms. The third kappa shape index (κ3) is 4.69. The highest BCUT2D eigenvalue weighted by Gasteiger charge is 2.33. The van der Waals surface area contributed by atoms with Gasteiger partial charge in [-0.05, 0) is 37.6 Å². The fourth-order valence-electron chi connectivity index (χ4n) is 3.69. The third-order valence-electron chi connectivity index (χ3n) is 5.26. The van der Waals surface area contributed by atoms with E-state index in [0.717, 1.165) is 11.3 Å². The lowest BCUT2D eigenvalue weighted by Gasteiger charge is -2.11. The van der Waals surface area contributed by atoms with Gasteiger partial charge in [0.1, 0.15) is 11.1 Å². The minimum atomic E-state index is -0.725. The first-order valence-electron chi connectivity index (χ1n) is 10.7. The van der Waals surface area contributed by atoms with Gasteiger partial charge in [0.2, 0.25) is 5.91 Å². The highest BCUT2D eigenvalue weighted by Crippen LogP contribution is 2.36. The fourth-order valence-corrected chi connectivity index (χ4v) is 4.80. The lowest BCUT2D eigenvalue weighted by Crippen LogP contribution is -2.17. The van der Waals surface area contributed by atoms with E-state index >= 15 is 0 Å². The Hall–Kier alpha value is -3.98. The molecule has 4 rings (SSSR count). The van der Waals surface area contributed by atoms with Gasteiger partial charge in [-0.1, -0.05) is 36.4 Å². The maximum Gasteiger partial charge on any atom is 0.341 e. The SMILES string of the molecule is CCOC(=O)c1c(NC(=O)CC2OC(=O)c3ccccc32)sc(C(=O)Nc2ccccc2)c1C. The summed E-state index contributed by atoms with van der Waals surface area (Å²) < 4.78 is 10.5. The van der Waals surface area contributed by atoms with E-state index in [1.165, 1.54) is 0 Å². The molecule has 8 nitrogen and oxygen atoms in total. The van der Waals surface area contributed by atoms with Crippen LogP contribution in [0.1, 0.15) is 61.0 Å². The number of thiophene rings is 1. The maximum absolute atomic E-state index is 12.9. The number of amides is 2. The van der Waals surface area contributed by atoms with Crippen molar-refractivity contribution in [1.82, 2.24) is 0 Å². The van der Waals surface area contributed by atoms with Gasteiger partial charge < -0.3 is 20.1 Å². The van der Waals surface area contributed by atoms with Crippen molar-refractivity contribution in [2.24, 2.45) is 0 Å². The van der Waals surface area contributed by atoms with Crippen LogP contribution in [0, 0.1) is 6.92 Å². The number of benzene rings is 2. The molecule has 0 radical (unpaired) electrons. The molecule has 1 aliphatic heterocycles. The number of fused-ring (bicyclic) bond motifs is 1. The molecule has 174 valence electrons.